The first-order chi connectivity index (χ1) is 10.6. The van der Waals surface area contributed by atoms with Gasteiger partial charge in [-0.15, -0.1) is 24.8 Å². The van der Waals surface area contributed by atoms with Crippen molar-refractivity contribution in [2.24, 2.45) is 0 Å². The molecule has 2 aromatic rings. The minimum absolute atomic E-state index is 0. The molecule has 1 aliphatic heterocycles. The fraction of sp³-hybridized carbons (Fsp3) is 0.333. The average molecular weight is 393 g/mol. The number of hydrogen-bond acceptors (Lipinski definition) is 4. The fourth-order valence-corrected chi connectivity index (χ4v) is 2.77. The number of carbonyl (C=O) groups is 1. The highest BCUT2D eigenvalue weighted by molar-refractivity contribution is 6.31. The summed E-state index contributed by atoms with van der Waals surface area (Å²) in [7, 11) is 3.83. The Morgan fingerprint density at radius 2 is 2.08 bits per heavy atom. The standard InChI is InChI=1S/C15H18ClN5O.2ClH/c1-21(2)13-4-3-9(16)7-12(13)18-15(22)14-10-8-17-6-5-11(10)19-20-14;;/h3-4,7,17H,5-6,8H2,1-2H3,(H,18,22)(H,19,20);2*1H. The van der Waals surface area contributed by atoms with Crippen molar-refractivity contribution < 1.29 is 4.79 Å². The van der Waals surface area contributed by atoms with Crippen molar-refractivity contribution in [1.82, 2.24) is 15.5 Å². The third-order valence-electron chi connectivity index (χ3n) is 3.71. The highest BCUT2D eigenvalue weighted by atomic mass is 35.5. The summed E-state index contributed by atoms with van der Waals surface area (Å²) in [5, 5.41) is 13.9. The zero-order chi connectivity index (χ0) is 15.7. The van der Waals surface area contributed by atoms with Gasteiger partial charge in [0.25, 0.3) is 5.91 Å². The Labute approximate surface area is 158 Å². The summed E-state index contributed by atoms with van der Waals surface area (Å²) in [6.45, 7) is 1.56. The number of amides is 1. The number of nitrogens with zero attached hydrogens (tertiary/aromatic N) is 2. The van der Waals surface area contributed by atoms with Gasteiger partial charge < -0.3 is 15.5 Å². The number of hydrogen-bond donors (Lipinski definition) is 3. The van der Waals surface area contributed by atoms with E-state index in [0.29, 0.717) is 22.9 Å². The number of carbonyl (C=O) groups excluding carboxylic acids is 1. The summed E-state index contributed by atoms with van der Waals surface area (Å²) < 4.78 is 0. The summed E-state index contributed by atoms with van der Waals surface area (Å²) >= 11 is 6.04. The van der Waals surface area contributed by atoms with Gasteiger partial charge in [-0.1, -0.05) is 11.6 Å². The van der Waals surface area contributed by atoms with Crippen LogP contribution in [0.5, 0.6) is 0 Å². The Balaban J connectivity index is 0.00000144. The first-order valence-electron chi connectivity index (χ1n) is 7.11. The van der Waals surface area contributed by atoms with Crippen molar-refractivity contribution >= 4 is 53.7 Å². The Morgan fingerprint density at radius 1 is 1.33 bits per heavy atom. The normalized spacial score (nSPS) is 12.5. The van der Waals surface area contributed by atoms with Gasteiger partial charge >= 0.3 is 0 Å². The second-order valence-corrected chi connectivity index (χ2v) is 5.90. The number of H-pyrrole nitrogens is 1. The number of rotatable bonds is 3. The third-order valence-corrected chi connectivity index (χ3v) is 3.95. The van der Waals surface area contributed by atoms with Gasteiger partial charge in [0.05, 0.1) is 11.4 Å². The molecule has 0 saturated carbocycles. The van der Waals surface area contributed by atoms with Crippen LogP contribution in [0.15, 0.2) is 18.2 Å². The van der Waals surface area contributed by atoms with Crippen molar-refractivity contribution in [3.8, 4) is 0 Å². The van der Waals surface area contributed by atoms with Gasteiger partial charge in [0, 0.05) is 49.9 Å². The van der Waals surface area contributed by atoms with Crippen LogP contribution in [0.1, 0.15) is 21.7 Å². The molecule has 132 valence electrons. The molecule has 1 aromatic heterocycles. The first-order valence-corrected chi connectivity index (χ1v) is 7.49. The molecule has 1 aromatic carbocycles. The van der Waals surface area contributed by atoms with Crippen LogP contribution in [-0.2, 0) is 13.0 Å². The van der Waals surface area contributed by atoms with Crippen LogP contribution < -0.4 is 15.5 Å². The van der Waals surface area contributed by atoms with E-state index >= 15 is 0 Å². The minimum Gasteiger partial charge on any atom is -0.376 e. The first kappa shape index (κ1) is 20.6. The van der Waals surface area contributed by atoms with E-state index in [1.165, 1.54) is 0 Å². The molecule has 3 N–H and O–H groups in total. The maximum absolute atomic E-state index is 12.6. The molecular formula is C15H20Cl3N5O. The van der Waals surface area contributed by atoms with E-state index in [1.807, 2.05) is 25.1 Å². The predicted molar refractivity (Wildman–Crippen MR) is 102 cm³/mol. The van der Waals surface area contributed by atoms with E-state index in [0.717, 1.165) is 29.9 Å². The number of halogens is 3. The number of aromatic nitrogens is 2. The molecular weight excluding hydrogens is 373 g/mol. The predicted octanol–water partition coefficient (Wildman–Crippen LogP) is 2.87. The monoisotopic (exact) mass is 391 g/mol. The lowest BCUT2D eigenvalue weighted by atomic mass is 10.1. The number of fused-ring (bicyclic) bond motifs is 1. The molecule has 0 spiro atoms. The summed E-state index contributed by atoms with van der Waals surface area (Å²) in [6, 6.07) is 5.42. The number of aromatic amines is 1. The molecule has 1 aliphatic rings. The lowest BCUT2D eigenvalue weighted by molar-refractivity contribution is 0.102. The molecule has 0 saturated heterocycles. The van der Waals surface area contributed by atoms with Crippen LogP contribution in [0.2, 0.25) is 5.02 Å². The molecule has 6 nitrogen and oxygen atoms in total. The van der Waals surface area contributed by atoms with E-state index in [4.69, 9.17) is 11.6 Å². The van der Waals surface area contributed by atoms with Crippen LogP contribution in [0, 0.1) is 0 Å². The van der Waals surface area contributed by atoms with Gasteiger partial charge in [-0.05, 0) is 18.2 Å². The van der Waals surface area contributed by atoms with Gasteiger partial charge in [0.2, 0.25) is 0 Å². The van der Waals surface area contributed by atoms with Crippen LogP contribution in [0.4, 0.5) is 11.4 Å². The van der Waals surface area contributed by atoms with Crippen molar-refractivity contribution in [2.75, 3.05) is 30.9 Å². The minimum atomic E-state index is -0.230. The molecule has 3 rings (SSSR count). The summed E-state index contributed by atoms with van der Waals surface area (Å²) in [5.74, 6) is -0.230. The van der Waals surface area contributed by atoms with Gasteiger partial charge in [-0.3, -0.25) is 9.89 Å². The summed E-state index contributed by atoms with van der Waals surface area (Å²) in [6.07, 6.45) is 0.857. The van der Waals surface area contributed by atoms with E-state index in [-0.39, 0.29) is 30.7 Å². The second-order valence-electron chi connectivity index (χ2n) is 5.47. The van der Waals surface area contributed by atoms with Crippen molar-refractivity contribution in [1.29, 1.82) is 0 Å². The lowest BCUT2D eigenvalue weighted by Gasteiger charge is -2.18. The van der Waals surface area contributed by atoms with Crippen molar-refractivity contribution in [3.63, 3.8) is 0 Å². The molecule has 0 atom stereocenters. The molecule has 9 heteroatoms. The maximum atomic E-state index is 12.6. The van der Waals surface area contributed by atoms with Crippen molar-refractivity contribution in [3.05, 3.63) is 40.2 Å². The van der Waals surface area contributed by atoms with Crippen LogP contribution in [-0.4, -0.2) is 36.7 Å². The Morgan fingerprint density at radius 3 is 2.79 bits per heavy atom. The highest BCUT2D eigenvalue weighted by Gasteiger charge is 2.22. The quantitative estimate of drug-likeness (QED) is 0.751. The number of nitrogens with one attached hydrogen (secondary N) is 3. The van der Waals surface area contributed by atoms with E-state index < -0.39 is 0 Å². The van der Waals surface area contributed by atoms with Crippen LogP contribution in [0.3, 0.4) is 0 Å². The maximum Gasteiger partial charge on any atom is 0.276 e. The molecule has 0 fully saturated rings. The molecule has 0 aliphatic carbocycles. The molecule has 0 bridgehead atoms. The van der Waals surface area contributed by atoms with Gasteiger partial charge in [0.15, 0.2) is 5.69 Å². The molecule has 2 heterocycles. The highest BCUT2D eigenvalue weighted by Crippen LogP contribution is 2.28. The van der Waals surface area contributed by atoms with E-state index in [1.54, 1.807) is 12.1 Å². The number of anilines is 2. The fourth-order valence-electron chi connectivity index (χ4n) is 2.59. The van der Waals surface area contributed by atoms with Crippen LogP contribution >= 0.6 is 36.4 Å². The lowest BCUT2D eigenvalue weighted by Crippen LogP contribution is -2.25. The molecule has 24 heavy (non-hydrogen) atoms. The summed E-state index contributed by atoms with van der Waals surface area (Å²) in [5.41, 5.74) is 3.97. The van der Waals surface area contributed by atoms with E-state index in [9.17, 15) is 4.79 Å². The van der Waals surface area contributed by atoms with Gasteiger partial charge in [0.1, 0.15) is 0 Å². The SMILES string of the molecule is CN(C)c1ccc(Cl)cc1NC(=O)c1n[nH]c2c1CNCC2.Cl.Cl. The molecule has 1 amide bonds. The van der Waals surface area contributed by atoms with Crippen molar-refractivity contribution in [2.45, 2.75) is 13.0 Å². The van der Waals surface area contributed by atoms with Gasteiger partial charge in [-0.2, -0.15) is 5.10 Å². The zero-order valence-corrected chi connectivity index (χ0v) is 15.7. The average Bonchev–Trinajstić information content (AvgIpc) is 2.91. The van der Waals surface area contributed by atoms with Crippen LogP contribution in [0.25, 0.3) is 0 Å². The smallest absolute Gasteiger partial charge is 0.276 e. The second kappa shape index (κ2) is 8.58. The molecule has 0 radical (unpaired) electrons. The Bertz CT molecular complexity index is 717. The number of benzene rings is 1. The third kappa shape index (κ3) is 4.13. The molecule has 0 unspecified atom stereocenters. The van der Waals surface area contributed by atoms with E-state index in [2.05, 4.69) is 20.8 Å². The zero-order valence-electron chi connectivity index (χ0n) is 13.4. The largest absolute Gasteiger partial charge is 0.376 e. The Kier molecular flexibility index (Phi) is 7.35. The summed E-state index contributed by atoms with van der Waals surface area (Å²) in [4.78, 5) is 14.5. The topological polar surface area (TPSA) is 73.0 Å². The Hall–Kier alpha value is -1.47. The van der Waals surface area contributed by atoms with Gasteiger partial charge in [-0.25, -0.2) is 0 Å².